The van der Waals surface area contributed by atoms with Gasteiger partial charge in [-0.25, -0.2) is 13.1 Å². The fourth-order valence-electron chi connectivity index (χ4n) is 2.78. The van der Waals surface area contributed by atoms with Crippen LogP contribution in [0, 0.1) is 16.0 Å². The van der Waals surface area contributed by atoms with Crippen LogP contribution in [0.15, 0.2) is 53.5 Å². The van der Waals surface area contributed by atoms with Gasteiger partial charge in [-0.3, -0.25) is 14.9 Å². The van der Waals surface area contributed by atoms with Gasteiger partial charge in [-0.15, -0.1) is 0 Å². The Balaban J connectivity index is 2.75. The van der Waals surface area contributed by atoms with Crippen LogP contribution in [0.4, 0.5) is 0 Å². The average Bonchev–Trinajstić information content (AvgIpc) is 2.52. The standard InChI is InChI=1S/C17H19N2O5S/c1-16(2,3)18-25(23,24)15-10-5-4-9-14(15)17(19(21)22)11-7-6-8-13(17)12-20/h4-11,13,18H,1-3H3. The summed E-state index contributed by atoms with van der Waals surface area (Å²) in [5.74, 6) is -1.24. The maximum absolute atomic E-state index is 12.8. The molecule has 0 heterocycles. The summed E-state index contributed by atoms with van der Waals surface area (Å²) >= 11 is 0. The van der Waals surface area contributed by atoms with Crippen LogP contribution in [0.5, 0.6) is 0 Å². The third kappa shape index (κ3) is 3.54. The molecule has 0 saturated heterocycles. The van der Waals surface area contributed by atoms with E-state index in [1.807, 2.05) is 0 Å². The van der Waals surface area contributed by atoms with E-state index in [0.29, 0.717) is 0 Å². The summed E-state index contributed by atoms with van der Waals surface area (Å²) in [6.45, 7) is 5.01. The molecule has 0 amide bonds. The first kappa shape index (κ1) is 19.0. The average molecular weight is 363 g/mol. The second-order valence-electron chi connectivity index (χ2n) is 6.77. The number of allylic oxidation sites excluding steroid dienone is 2. The first-order chi connectivity index (χ1) is 11.5. The first-order valence-electron chi connectivity index (χ1n) is 7.56. The summed E-state index contributed by atoms with van der Waals surface area (Å²) in [5, 5.41) is 11.9. The number of nitro groups is 1. The molecule has 2 atom stereocenters. The highest BCUT2D eigenvalue weighted by Gasteiger charge is 2.53. The van der Waals surface area contributed by atoms with Crippen LogP contribution in [0.25, 0.3) is 0 Å². The summed E-state index contributed by atoms with van der Waals surface area (Å²) in [4.78, 5) is 22.4. The van der Waals surface area contributed by atoms with Crippen molar-refractivity contribution in [3.8, 4) is 0 Å². The van der Waals surface area contributed by atoms with Gasteiger partial charge in [-0.1, -0.05) is 36.4 Å². The number of benzene rings is 1. The molecule has 1 aliphatic carbocycles. The van der Waals surface area contributed by atoms with Gasteiger partial charge >= 0.3 is 0 Å². The molecule has 0 saturated carbocycles. The number of rotatable bonds is 5. The summed E-state index contributed by atoms with van der Waals surface area (Å²) < 4.78 is 28.1. The summed E-state index contributed by atoms with van der Waals surface area (Å²) in [6, 6.07) is 5.64. The van der Waals surface area contributed by atoms with Gasteiger partial charge in [0.2, 0.25) is 16.3 Å². The van der Waals surface area contributed by atoms with E-state index in [-0.39, 0.29) is 10.5 Å². The number of hydrogen-bond donors (Lipinski definition) is 1. The Hall–Kier alpha value is -2.32. The third-order valence-electron chi connectivity index (χ3n) is 3.72. The van der Waals surface area contributed by atoms with Crippen molar-refractivity contribution in [2.75, 3.05) is 0 Å². The van der Waals surface area contributed by atoms with Gasteiger partial charge in [0.15, 0.2) is 0 Å². The van der Waals surface area contributed by atoms with E-state index < -0.39 is 31.9 Å². The number of hydrogen-bond acceptors (Lipinski definition) is 5. The topological polar surface area (TPSA) is 106 Å². The summed E-state index contributed by atoms with van der Waals surface area (Å²) in [7, 11) is -4.04. The van der Waals surface area contributed by atoms with E-state index in [0.717, 1.165) is 0 Å². The van der Waals surface area contributed by atoms with Gasteiger partial charge < -0.3 is 0 Å². The van der Waals surface area contributed by atoms with E-state index in [1.165, 1.54) is 48.6 Å². The molecule has 1 aromatic rings. The molecule has 0 aliphatic heterocycles. The molecule has 7 nitrogen and oxygen atoms in total. The first-order valence-corrected chi connectivity index (χ1v) is 9.04. The van der Waals surface area contributed by atoms with Crippen molar-refractivity contribution >= 4 is 16.3 Å². The van der Waals surface area contributed by atoms with Crippen LogP contribution in [-0.2, 0) is 20.4 Å². The van der Waals surface area contributed by atoms with Crippen molar-refractivity contribution in [2.45, 2.75) is 36.7 Å². The van der Waals surface area contributed by atoms with Crippen LogP contribution >= 0.6 is 0 Å². The Bertz CT molecular complexity index is 852. The smallest absolute Gasteiger partial charge is 0.280 e. The van der Waals surface area contributed by atoms with Crippen LogP contribution < -0.4 is 4.72 Å². The van der Waals surface area contributed by atoms with E-state index >= 15 is 0 Å². The van der Waals surface area contributed by atoms with Crippen LogP contribution in [0.1, 0.15) is 26.3 Å². The van der Waals surface area contributed by atoms with Gasteiger partial charge in [-0.2, -0.15) is 0 Å². The SMILES string of the molecule is CC(C)(C)NS(=O)(=O)c1ccccc1C1([N+](=O)[O-])C=CC=CC1[C]=O. The van der Waals surface area contributed by atoms with E-state index in [9.17, 15) is 23.3 Å². The maximum Gasteiger partial charge on any atom is 0.280 e. The number of carbonyl (C=O) groups excluding carboxylic acids is 1. The quantitative estimate of drug-likeness (QED) is 0.637. The predicted molar refractivity (Wildman–Crippen MR) is 92.7 cm³/mol. The van der Waals surface area contributed by atoms with Gasteiger partial charge in [0.1, 0.15) is 5.92 Å². The molecule has 133 valence electrons. The minimum absolute atomic E-state index is 0.0781. The molecule has 8 heteroatoms. The highest BCUT2D eigenvalue weighted by atomic mass is 32.2. The zero-order valence-electron chi connectivity index (χ0n) is 14.1. The summed E-state index contributed by atoms with van der Waals surface area (Å²) in [5.41, 5.74) is -2.88. The molecule has 0 spiro atoms. The fraction of sp³-hybridized carbons (Fsp3) is 0.353. The van der Waals surface area contributed by atoms with Gasteiger partial charge in [0.25, 0.3) is 5.54 Å². The van der Waals surface area contributed by atoms with E-state index in [4.69, 9.17) is 0 Å². The molecule has 1 aromatic carbocycles. The Labute approximate surface area is 146 Å². The van der Waals surface area contributed by atoms with Crippen molar-refractivity contribution in [3.05, 3.63) is 64.2 Å². The zero-order chi connectivity index (χ0) is 18.9. The molecule has 1 aliphatic rings. The molecular weight excluding hydrogens is 344 g/mol. The van der Waals surface area contributed by atoms with Crippen LogP contribution in [-0.4, -0.2) is 25.2 Å². The number of nitrogens with zero attached hydrogens (tertiary/aromatic N) is 1. The molecule has 1 radical (unpaired) electrons. The normalized spacial score (nSPS) is 23.4. The molecule has 0 bridgehead atoms. The molecular formula is C17H19N2O5S. The lowest BCUT2D eigenvalue weighted by molar-refractivity contribution is -0.569. The number of nitrogens with one attached hydrogen (secondary N) is 1. The molecule has 0 aromatic heterocycles. The van der Waals surface area contributed by atoms with Crippen LogP contribution in [0.2, 0.25) is 0 Å². The van der Waals surface area contributed by atoms with Crippen molar-refractivity contribution in [2.24, 2.45) is 5.92 Å². The predicted octanol–water partition coefficient (Wildman–Crippen LogP) is 2.09. The Morgan fingerprint density at radius 2 is 1.88 bits per heavy atom. The zero-order valence-corrected chi connectivity index (χ0v) is 14.9. The monoisotopic (exact) mass is 363 g/mol. The fourth-order valence-corrected chi connectivity index (χ4v) is 4.47. The maximum atomic E-state index is 12.8. The Kier molecular flexibility index (Phi) is 4.97. The molecule has 25 heavy (non-hydrogen) atoms. The molecule has 1 N–H and O–H groups in total. The summed E-state index contributed by atoms with van der Waals surface area (Å²) in [6.07, 6.45) is 7.16. The van der Waals surface area contributed by atoms with Crippen molar-refractivity contribution in [1.82, 2.24) is 4.72 Å². The molecule has 0 fully saturated rings. The van der Waals surface area contributed by atoms with Gasteiger partial charge in [0.05, 0.1) is 10.5 Å². The van der Waals surface area contributed by atoms with Crippen molar-refractivity contribution in [3.63, 3.8) is 0 Å². The van der Waals surface area contributed by atoms with Crippen molar-refractivity contribution < 1.29 is 18.1 Å². The minimum Gasteiger partial charge on any atom is -0.290 e. The lowest BCUT2D eigenvalue weighted by atomic mass is 9.76. The van der Waals surface area contributed by atoms with Crippen molar-refractivity contribution in [1.29, 1.82) is 0 Å². The largest absolute Gasteiger partial charge is 0.290 e. The molecule has 2 unspecified atom stereocenters. The van der Waals surface area contributed by atoms with Gasteiger partial charge in [0, 0.05) is 10.5 Å². The second-order valence-corrected chi connectivity index (χ2v) is 8.42. The highest BCUT2D eigenvalue weighted by Crippen LogP contribution is 2.40. The minimum atomic E-state index is -4.04. The van der Waals surface area contributed by atoms with E-state index in [2.05, 4.69) is 4.72 Å². The lowest BCUT2D eigenvalue weighted by Gasteiger charge is -2.29. The second kappa shape index (κ2) is 6.53. The molecule has 2 rings (SSSR count). The van der Waals surface area contributed by atoms with Gasteiger partial charge in [-0.05, 0) is 32.9 Å². The van der Waals surface area contributed by atoms with E-state index in [1.54, 1.807) is 27.1 Å². The third-order valence-corrected chi connectivity index (χ3v) is 5.53. The number of sulfonamides is 1. The Morgan fingerprint density at radius 3 is 2.44 bits per heavy atom. The lowest BCUT2D eigenvalue weighted by Crippen LogP contribution is -2.45. The highest BCUT2D eigenvalue weighted by molar-refractivity contribution is 7.89. The van der Waals surface area contributed by atoms with Crippen LogP contribution in [0.3, 0.4) is 0 Å². The Morgan fingerprint density at radius 1 is 1.24 bits per heavy atom.